The number of rotatable bonds is 7. The fourth-order valence-corrected chi connectivity index (χ4v) is 2.91. The van der Waals surface area contributed by atoms with Crippen LogP contribution in [0.5, 0.6) is 0 Å². The van der Waals surface area contributed by atoms with Gasteiger partial charge in [-0.25, -0.2) is 4.79 Å². The van der Waals surface area contributed by atoms with Gasteiger partial charge in [-0.1, -0.05) is 49.7 Å². The van der Waals surface area contributed by atoms with Crippen LogP contribution in [0.3, 0.4) is 0 Å². The Bertz CT molecular complexity index is 747. The van der Waals surface area contributed by atoms with E-state index in [-0.39, 0.29) is 5.97 Å². The molecule has 2 aromatic carbocycles. The van der Waals surface area contributed by atoms with E-state index in [1.54, 1.807) is 12.1 Å². The van der Waals surface area contributed by atoms with Gasteiger partial charge >= 0.3 is 5.97 Å². The van der Waals surface area contributed by atoms with E-state index in [9.17, 15) is 4.79 Å². The van der Waals surface area contributed by atoms with Crippen molar-refractivity contribution in [2.75, 3.05) is 19.0 Å². The van der Waals surface area contributed by atoms with E-state index in [2.05, 4.69) is 41.8 Å². The number of nitrogens with one attached hydrogen (secondary N) is 2. The highest BCUT2D eigenvalue weighted by atomic mass is 32.1. The minimum absolute atomic E-state index is 0.360. The Balaban J connectivity index is 1.92. The third kappa shape index (κ3) is 5.85. The fraction of sp³-hybridized carbons (Fsp3) is 0.333. The van der Waals surface area contributed by atoms with Crippen LogP contribution in [0.4, 0.5) is 5.69 Å². The molecule has 1 atom stereocenters. The molecule has 0 aliphatic rings. The molecule has 0 amide bonds. The van der Waals surface area contributed by atoms with E-state index >= 15 is 0 Å². The molecule has 0 radical (unpaired) electrons. The Morgan fingerprint density at radius 2 is 1.92 bits per heavy atom. The van der Waals surface area contributed by atoms with Gasteiger partial charge in [-0.2, -0.15) is 0 Å². The van der Waals surface area contributed by atoms with Crippen LogP contribution in [0, 0.1) is 12.8 Å². The fourth-order valence-electron chi connectivity index (χ4n) is 2.71. The zero-order chi connectivity index (χ0) is 18.9. The lowest BCUT2D eigenvalue weighted by Crippen LogP contribution is -2.33. The monoisotopic (exact) mass is 370 g/mol. The lowest BCUT2D eigenvalue weighted by atomic mass is 9.97. The van der Waals surface area contributed by atoms with Gasteiger partial charge in [0, 0.05) is 12.2 Å². The molecule has 0 aromatic heterocycles. The summed E-state index contributed by atoms with van der Waals surface area (Å²) in [6.07, 6.45) is 2.09. The predicted molar refractivity (Wildman–Crippen MR) is 111 cm³/mol. The zero-order valence-corrected chi connectivity index (χ0v) is 16.4. The van der Waals surface area contributed by atoms with E-state index < -0.39 is 0 Å². The van der Waals surface area contributed by atoms with E-state index in [0.29, 0.717) is 16.6 Å². The van der Waals surface area contributed by atoms with Gasteiger partial charge in [0.05, 0.1) is 12.7 Å². The maximum absolute atomic E-state index is 11.7. The molecule has 2 rings (SSSR count). The molecule has 0 aliphatic heterocycles. The Morgan fingerprint density at radius 3 is 2.58 bits per heavy atom. The summed E-state index contributed by atoms with van der Waals surface area (Å²) in [6.45, 7) is 4.96. The molecule has 0 saturated heterocycles. The van der Waals surface area contributed by atoms with Crippen LogP contribution in [0.15, 0.2) is 48.5 Å². The van der Waals surface area contributed by atoms with Crippen LogP contribution in [0.2, 0.25) is 0 Å². The maximum atomic E-state index is 11.7. The predicted octanol–water partition coefficient (Wildman–Crippen LogP) is 4.34. The lowest BCUT2D eigenvalue weighted by molar-refractivity contribution is 0.0601. The highest BCUT2D eigenvalue weighted by Crippen LogP contribution is 2.18. The van der Waals surface area contributed by atoms with E-state index in [1.165, 1.54) is 12.7 Å². The van der Waals surface area contributed by atoms with Crippen molar-refractivity contribution in [2.24, 2.45) is 5.92 Å². The number of esters is 1. The normalized spacial score (nSPS) is 11.5. The Labute approximate surface area is 161 Å². The number of benzene rings is 2. The molecule has 0 bridgehead atoms. The Kier molecular flexibility index (Phi) is 7.60. The van der Waals surface area contributed by atoms with Crippen LogP contribution < -0.4 is 10.6 Å². The molecule has 2 aromatic rings. The van der Waals surface area contributed by atoms with E-state index in [1.807, 2.05) is 19.1 Å². The highest BCUT2D eigenvalue weighted by molar-refractivity contribution is 7.80. The molecule has 0 saturated carbocycles. The molecule has 26 heavy (non-hydrogen) atoms. The molecule has 0 fully saturated rings. The number of carbonyl (C=O) groups excluding carboxylic acids is 1. The summed E-state index contributed by atoms with van der Waals surface area (Å²) in [5.41, 5.74) is 3.65. The highest BCUT2D eigenvalue weighted by Gasteiger charge is 2.11. The number of carbonyl (C=O) groups is 1. The van der Waals surface area contributed by atoms with Crippen LogP contribution in [-0.4, -0.2) is 24.7 Å². The molecular formula is C21H26N2O2S. The van der Waals surface area contributed by atoms with Gasteiger partial charge in [-0.05, 0) is 54.7 Å². The summed E-state index contributed by atoms with van der Waals surface area (Å²) in [5, 5.41) is 7.04. The van der Waals surface area contributed by atoms with Crippen molar-refractivity contribution in [3.8, 4) is 0 Å². The molecule has 0 heterocycles. The zero-order valence-electron chi connectivity index (χ0n) is 15.5. The van der Waals surface area contributed by atoms with Crippen LogP contribution >= 0.6 is 12.2 Å². The minimum Gasteiger partial charge on any atom is -0.465 e. The first kappa shape index (κ1) is 19.9. The first-order valence-corrected chi connectivity index (χ1v) is 9.22. The van der Waals surface area contributed by atoms with Crippen LogP contribution in [0.25, 0.3) is 0 Å². The topological polar surface area (TPSA) is 50.4 Å². The standard InChI is InChI=1S/C21H26N2O2S/c1-4-16(12-17-8-6-5-7-9-17)14-22-21(26)23-19-13-18(20(24)25-3)11-10-15(19)2/h5-11,13,16H,4,12,14H2,1-3H3,(H2,22,23,26)/t16-/m0/s1. The summed E-state index contributed by atoms with van der Waals surface area (Å²) in [6, 6.07) is 15.9. The van der Waals surface area contributed by atoms with Crippen molar-refractivity contribution in [3.05, 3.63) is 65.2 Å². The number of hydrogen-bond donors (Lipinski definition) is 2. The van der Waals surface area contributed by atoms with E-state index in [4.69, 9.17) is 17.0 Å². The quantitative estimate of drug-likeness (QED) is 0.561. The summed E-state index contributed by atoms with van der Waals surface area (Å²) in [7, 11) is 1.37. The second-order valence-electron chi connectivity index (χ2n) is 6.32. The number of anilines is 1. The van der Waals surface area contributed by atoms with Crippen molar-refractivity contribution >= 4 is 29.0 Å². The summed E-state index contributed by atoms with van der Waals surface area (Å²) < 4.78 is 4.77. The number of hydrogen-bond acceptors (Lipinski definition) is 3. The lowest BCUT2D eigenvalue weighted by Gasteiger charge is -2.18. The smallest absolute Gasteiger partial charge is 0.337 e. The number of ether oxygens (including phenoxy) is 1. The van der Waals surface area contributed by atoms with Crippen molar-refractivity contribution in [1.82, 2.24) is 5.32 Å². The number of thiocarbonyl (C=S) groups is 1. The van der Waals surface area contributed by atoms with Crippen molar-refractivity contribution in [2.45, 2.75) is 26.7 Å². The molecule has 0 unspecified atom stereocenters. The SMILES string of the molecule is CC[C@H](CNC(=S)Nc1cc(C(=O)OC)ccc1C)Cc1ccccc1. The molecule has 0 spiro atoms. The summed E-state index contributed by atoms with van der Waals surface area (Å²) in [4.78, 5) is 11.7. The third-order valence-corrected chi connectivity index (χ3v) is 4.65. The largest absolute Gasteiger partial charge is 0.465 e. The Hall–Kier alpha value is -2.40. The van der Waals surface area contributed by atoms with Gasteiger partial charge in [0.2, 0.25) is 0 Å². The second kappa shape index (κ2) is 9.92. The maximum Gasteiger partial charge on any atom is 0.337 e. The van der Waals surface area contributed by atoms with Gasteiger partial charge < -0.3 is 15.4 Å². The first-order valence-electron chi connectivity index (χ1n) is 8.81. The van der Waals surface area contributed by atoms with Crippen molar-refractivity contribution < 1.29 is 9.53 Å². The average molecular weight is 371 g/mol. The van der Waals surface area contributed by atoms with Gasteiger partial charge in [0.15, 0.2) is 5.11 Å². The number of methoxy groups -OCH3 is 1. The third-order valence-electron chi connectivity index (χ3n) is 4.40. The van der Waals surface area contributed by atoms with Crippen molar-refractivity contribution in [1.29, 1.82) is 0 Å². The molecule has 5 heteroatoms. The molecule has 0 aliphatic carbocycles. The van der Waals surface area contributed by atoms with Gasteiger partial charge in [0.1, 0.15) is 0 Å². The summed E-state index contributed by atoms with van der Waals surface area (Å²) >= 11 is 5.43. The molecule has 138 valence electrons. The average Bonchev–Trinajstić information content (AvgIpc) is 2.67. The van der Waals surface area contributed by atoms with Crippen molar-refractivity contribution in [3.63, 3.8) is 0 Å². The molecule has 4 nitrogen and oxygen atoms in total. The second-order valence-corrected chi connectivity index (χ2v) is 6.73. The van der Waals surface area contributed by atoms with Gasteiger partial charge in [-0.3, -0.25) is 0 Å². The minimum atomic E-state index is -0.360. The van der Waals surface area contributed by atoms with Crippen LogP contribution in [0.1, 0.15) is 34.8 Å². The van der Waals surface area contributed by atoms with Gasteiger partial charge in [-0.15, -0.1) is 0 Å². The summed E-state index contributed by atoms with van der Waals surface area (Å²) in [5.74, 6) is 0.139. The molecular weight excluding hydrogens is 344 g/mol. The van der Waals surface area contributed by atoms with E-state index in [0.717, 1.165) is 30.6 Å². The van der Waals surface area contributed by atoms with Crippen LogP contribution in [-0.2, 0) is 11.2 Å². The van der Waals surface area contributed by atoms with Gasteiger partial charge in [0.25, 0.3) is 0 Å². The molecule has 2 N–H and O–H groups in total. The number of aryl methyl sites for hydroxylation is 1. The first-order chi connectivity index (χ1) is 12.5. The Morgan fingerprint density at radius 1 is 1.19 bits per heavy atom.